The highest BCUT2D eigenvalue weighted by molar-refractivity contribution is 5.86. The molecule has 0 aliphatic rings. The van der Waals surface area contributed by atoms with Crippen LogP contribution in [0.1, 0.15) is 31.4 Å². The normalized spacial score (nSPS) is 11.8. The van der Waals surface area contributed by atoms with E-state index in [1.165, 1.54) is 5.57 Å². The molecule has 0 N–H and O–H groups in total. The SMILES string of the molecule is C=C/C(=C\C=C(/CC)c1ccc(COC(=O)C(=C)C)cc1)OC. The van der Waals surface area contributed by atoms with Gasteiger partial charge in [-0.15, -0.1) is 0 Å². The molecule has 1 rings (SSSR count). The molecule has 23 heavy (non-hydrogen) atoms. The largest absolute Gasteiger partial charge is 0.497 e. The van der Waals surface area contributed by atoms with Crippen molar-refractivity contribution in [3.05, 3.63) is 78.1 Å². The number of carbonyl (C=O) groups excluding carboxylic acids is 1. The minimum atomic E-state index is -0.370. The van der Waals surface area contributed by atoms with Crippen molar-refractivity contribution in [1.82, 2.24) is 0 Å². The summed E-state index contributed by atoms with van der Waals surface area (Å²) in [6, 6.07) is 7.96. The molecule has 0 amide bonds. The van der Waals surface area contributed by atoms with E-state index in [-0.39, 0.29) is 12.6 Å². The van der Waals surface area contributed by atoms with Crippen LogP contribution in [-0.4, -0.2) is 13.1 Å². The van der Waals surface area contributed by atoms with Gasteiger partial charge < -0.3 is 9.47 Å². The number of esters is 1. The van der Waals surface area contributed by atoms with Gasteiger partial charge in [-0.3, -0.25) is 0 Å². The molecular formula is C20H24O3. The van der Waals surface area contributed by atoms with Crippen LogP contribution in [0.4, 0.5) is 0 Å². The predicted molar refractivity (Wildman–Crippen MR) is 94.6 cm³/mol. The van der Waals surface area contributed by atoms with Gasteiger partial charge in [0, 0.05) is 5.57 Å². The molecule has 0 atom stereocenters. The fourth-order valence-electron chi connectivity index (χ4n) is 1.91. The van der Waals surface area contributed by atoms with E-state index in [1.54, 1.807) is 20.1 Å². The van der Waals surface area contributed by atoms with Gasteiger partial charge in [-0.2, -0.15) is 0 Å². The van der Waals surface area contributed by atoms with E-state index in [0.717, 1.165) is 23.3 Å². The fourth-order valence-corrected chi connectivity index (χ4v) is 1.91. The summed E-state index contributed by atoms with van der Waals surface area (Å²) in [6.07, 6.45) is 6.49. The number of carbonyl (C=O) groups is 1. The van der Waals surface area contributed by atoms with Crippen LogP contribution in [0.3, 0.4) is 0 Å². The molecule has 0 heterocycles. The van der Waals surface area contributed by atoms with Crippen LogP contribution in [0.15, 0.2) is 67.0 Å². The Kier molecular flexibility index (Phi) is 7.61. The molecule has 0 fully saturated rings. The molecule has 0 saturated carbocycles. The van der Waals surface area contributed by atoms with E-state index in [2.05, 4.69) is 20.1 Å². The van der Waals surface area contributed by atoms with Crippen molar-refractivity contribution >= 4 is 11.5 Å². The van der Waals surface area contributed by atoms with Crippen molar-refractivity contribution in [1.29, 1.82) is 0 Å². The Morgan fingerprint density at radius 1 is 1.22 bits per heavy atom. The second-order valence-corrected chi connectivity index (χ2v) is 5.08. The van der Waals surface area contributed by atoms with E-state index in [4.69, 9.17) is 9.47 Å². The second kappa shape index (κ2) is 9.46. The van der Waals surface area contributed by atoms with E-state index >= 15 is 0 Å². The molecule has 0 aliphatic carbocycles. The van der Waals surface area contributed by atoms with Gasteiger partial charge in [-0.25, -0.2) is 4.79 Å². The van der Waals surface area contributed by atoms with Crippen LogP contribution in [0, 0.1) is 0 Å². The third-order valence-electron chi connectivity index (χ3n) is 3.31. The maximum Gasteiger partial charge on any atom is 0.333 e. The summed E-state index contributed by atoms with van der Waals surface area (Å²) in [5.41, 5.74) is 3.66. The molecule has 122 valence electrons. The number of benzene rings is 1. The Hall–Kier alpha value is -2.55. The van der Waals surface area contributed by atoms with Gasteiger partial charge >= 0.3 is 5.97 Å². The van der Waals surface area contributed by atoms with Gasteiger partial charge in [-0.05, 0) is 42.2 Å². The zero-order chi connectivity index (χ0) is 17.2. The molecule has 3 heteroatoms. The predicted octanol–water partition coefficient (Wildman–Crippen LogP) is 4.82. The average molecular weight is 312 g/mol. The quantitative estimate of drug-likeness (QED) is 0.299. The van der Waals surface area contributed by atoms with Gasteiger partial charge in [-0.1, -0.05) is 50.4 Å². The zero-order valence-electron chi connectivity index (χ0n) is 14.1. The fraction of sp³-hybridized carbons (Fsp3) is 0.250. The van der Waals surface area contributed by atoms with Crippen LogP contribution in [0.2, 0.25) is 0 Å². The first-order valence-corrected chi connectivity index (χ1v) is 7.51. The van der Waals surface area contributed by atoms with E-state index in [9.17, 15) is 4.79 Å². The van der Waals surface area contributed by atoms with Crippen molar-refractivity contribution in [3.63, 3.8) is 0 Å². The monoisotopic (exact) mass is 312 g/mol. The summed E-state index contributed by atoms with van der Waals surface area (Å²) in [4.78, 5) is 11.4. The van der Waals surface area contributed by atoms with Crippen molar-refractivity contribution in [3.8, 4) is 0 Å². The Balaban J connectivity index is 2.83. The highest BCUT2D eigenvalue weighted by Gasteiger charge is 2.04. The first-order chi connectivity index (χ1) is 11.0. The Morgan fingerprint density at radius 2 is 1.87 bits per heavy atom. The van der Waals surface area contributed by atoms with Crippen molar-refractivity contribution in [2.24, 2.45) is 0 Å². The third-order valence-corrected chi connectivity index (χ3v) is 3.31. The number of allylic oxidation sites excluding steroid dienone is 4. The minimum Gasteiger partial charge on any atom is -0.497 e. The first kappa shape index (κ1) is 18.5. The van der Waals surface area contributed by atoms with E-state index in [0.29, 0.717) is 5.57 Å². The lowest BCUT2D eigenvalue weighted by Crippen LogP contribution is -2.04. The van der Waals surface area contributed by atoms with E-state index in [1.807, 2.05) is 36.4 Å². The summed E-state index contributed by atoms with van der Waals surface area (Å²) < 4.78 is 10.3. The molecule has 1 aromatic carbocycles. The highest BCUT2D eigenvalue weighted by atomic mass is 16.5. The molecule has 0 radical (unpaired) electrons. The number of ether oxygens (including phenoxy) is 2. The molecule has 3 nitrogen and oxygen atoms in total. The van der Waals surface area contributed by atoms with Crippen LogP contribution >= 0.6 is 0 Å². The minimum absolute atomic E-state index is 0.251. The van der Waals surface area contributed by atoms with Crippen molar-refractivity contribution < 1.29 is 14.3 Å². The zero-order valence-corrected chi connectivity index (χ0v) is 14.1. The Labute approximate surface area is 138 Å². The number of hydrogen-bond donors (Lipinski definition) is 0. The summed E-state index contributed by atoms with van der Waals surface area (Å²) in [5, 5.41) is 0. The molecule has 0 spiro atoms. The van der Waals surface area contributed by atoms with Crippen LogP contribution < -0.4 is 0 Å². The number of methoxy groups -OCH3 is 1. The van der Waals surface area contributed by atoms with Crippen LogP contribution in [0.5, 0.6) is 0 Å². The van der Waals surface area contributed by atoms with Gasteiger partial charge in [0.1, 0.15) is 12.4 Å². The maximum atomic E-state index is 11.4. The Bertz CT molecular complexity index is 619. The Morgan fingerprint density at radius 3 is 2.35 bits per heavy atom. The van der Waals surface area contributed by atoms with Crippen molar-refractivity contribution in [2.45, 2.75) is 26.9 Å². The molecule has 0 saturated heterocycles. The highest BCUT2D eigenvalue weighted by Crippen LogP contribution is 2.19. The molecule has 0 aromatic heterocycles. The van der Waals surface area contributed by atoms with Gasteiger partial charge in [0.05, 0.1) is 7.11 Å². The molecule has 1 aromatic rings. The van der Waals surface area contributed by atoms with E-state index < -0.39 is 0 Å². The summed E-state index contributed by atoms with van der Waals surface area (Å²) in [6.45, 7) is 11.2. The summed E-state index contributed by atoms with van der Waals surface area (Å²) >= 11 is 0. The standard InChI is InChI=1S/C20H24O3/c1-6-17(12-13-19(7-2)22-5)18-10-8-16(9-11-18)14-23-20(21)15(3)4/h7-13H,2-3,6,14H2,1,4-5H3/b17-12+,19-13+. The lowest BCUT2D eigenvalue weighted by atomic mass is 10.0. The summed E-state index contributed by atoms with van der Waals surface area (Å²) in [7, 11) is 1.62. The van der Waals surface area contributed by atoms with Gasteiger partial charge in [0.2, 0.25) is 0 Å². The molecule has 0 bridgehead atoms. The second-order valence-electron chi connectivity index (χ2n) is 5.08. The number of hydrogen-bond acceptors (Lipinski definition) is 3. The van der Waals surface area contributed by atoms with Crippen LogP contribution in [0.25, 0.3) is 5.57 Å². The molecule has 0 aliphatic heterocycles. The molecular weight excluding hydrogens is 288 g/mol. The van der Waals surface area contributed by atoms with Crippen LogP contribution in [-0.2, 0) is 20.9 Å². The van der Waals surface area contributed by atoms with Gasteiger partial charge in [0.25, 0.3) is 0 Å². The maximum absolute atomic E-state index is 11.4. The third kappa shape index (κ3) is 5.99. The van der Waals surface area contributed by atoms with Gasteiger partial charge in [0.15, 0.2) is 0 Å². The smallest absolute Gasteiger partial charge is 0.333 e. The lowest BCUT2D eigenvalue weighted by molar-refractivity contribution is -0.140. The molecule has 0 unspecified atom stereocenters. The first-order valence-electron chi connectivity index (χ1n) is 7.51. The average Bonchev–Trinajstić information content (AvgIpc) is 2.57. The number of rotatable bonds is 8. The summed E-state index contributed by atoms with van der Waals surface area (Å²) in [5.74, 6) is 0.351. The van der Waals surface area contributed by atoms with Crippen molar-refractivity contribution in [2.75, 3.05) is 7.11 Å². The lowest BCUT2D eigenvalue weighted by Gasteiger charge is -2.08. The topological polar surface area (TPSA) is 35.5 Å².